The molecule has 2 heterocycles. The van der Waals surface area contributed by atoms with Gasteiger partial charge < -0.3 is 47.6 Å². The summed E-state index contributed by atoms with van der Waals surface area (Å²) in [4.78, 5) is 60.5. The molecular weight excluding hydrogens is 520 g/mol. The molecule has 0 aliphatic rings. The van der Waals surface area contributed by atoms with Crippen LogP contribution in [0.25, 0.3) is 10.9 Å². The Labute approximate surface area is 230 Å². The molecule has 0 spiro atoms. The van der Waals surface area contributed by atoms with Crippen LogP contribution in [0.3, 0.4) is 0 Å². The van der Waals surface area contributed by atoms with Crippen molar-refractivity contribution in [2.45, 2.75) is 56.3 Å². The number of aliphatic carboxylic acids is 1. The normalized spacial score (nSPS) is 14.2. The van der Waals surface area contributed by atoms with Gasteiger partial charge in [-0.1, -0.05) is 24.6 Å². The molecule has 0 aliphatic heterocycles. The number of aliphatic hydroxyl groups is 1. The highest BCUT2D eigenvalue weighted by Crippen LogP contribution is 2.19. The molecule has 3 aromatic rings. The van der Waals surface area contributed by atoms with Crippen molar-refractivity contribution in [2.75, 3.05) is 13.2 Å². The number of fused-ring (bicyclic) bond motifs is 1. The highest BCUT2D eigenvalue weighted by Gasteiger charge is 2.30. The molecule has 0 aliphatic carbocycles. The van der Waals surface area contributed by atoms with Crippen LogP contribution in [0.2, 0.25) is 0 Å². The summed E-state index contributed by atoms with van der Waals surface area (Å²) in [6.07, 6.45) is 6.24. The molecule has 11 N–H and O–H groups in total. The third-order valence-electron chi connectivity index (χ3n) is 6.45. The molecule has 14 heteroatoms. The number of nitrogens with zero attached hydrogens (tertiary/aromatic N) is 1. The zero-order valence-electron chi connectivity index (χ0n) is 21.9. The van der Waals surface area contributed by atoms with E-state index in [-0.39, 0.29) is 12.8 Å². The summed E-state index contributed by atoms with van der Waals surface area (Å²) in [7, 11) is 0. The Morgan fingerprint density at radius 3 is 2.30 bits per heavy atom. The zero-order chi connectivity index (χ0) is 29.1. The van der Waals surface area contributed by atoms with Gasteiger partial charge in [0.2, 0.25) is 17.7 Å². The molecule has 0 saturated heterocycles. The lowest BCUT2D eigenvalue weighted by Crippen LogP contribution is -2.58. The fourth-order valence-electron chi connectivity index (χ4n) is 4.20. The maximum Gasteiger partial charge on any atom is 0.326 e. The zero-order valence-corrected chi connectivity index (χ0v) is 21.9. The quantitative estimate of drug-likeness (QED) is 0.0947. The number of aromatic amines is 2. The third kappa shape index (κ3) is 8.36. The molecular formula is C26H36N8O6. The van der Waals surface area contributed by atoms with Crippen LogP contribution >= 0.6 is 0 Å². The molecule has 0 radical (unpaired) electrons. The van der Waals surface area contributed by atoms with Crippen LogP contribution in [0.5, 0.6) is 0 Å². The van der Waals surface area contributed by atoms with Crippen molar-refractivity contribution in [1.29, 1.82) is 0 Å². The molecule has 0 bridgehead atoms. The Hall–Kier alpha value is -4.27. The van der Waals surface area contributed by atoms with Crippen LogP contribution in [0.15, 0.2) is 43.0 Å². The van der Waals surface area contributed by atoms with Crippen molar-refractivity contribution in [3.05, 3.63) is 54.2 Å². The Bertz CT molecular complexity index is 1280. The van der Waals surface area contributed by atoms with E-state index >= 15 is 0 Å². The summed E-state index contributed by atoms with van der Waals surface area (Å²) < 4.78 is 0. The maximum absolute atomic E-state index is 13.2. The van der Waals surface area contributed by atoms with E-state index in [0.29, 0.717) is 37.1 Å². The predicted molar refractivity (Wildman–Crippen MR) is 146 cm³/mol. The molecule has 2 aromatic heterocycles. The minimum absolute atomic E-state index is 0.00513. The Kier molecular flexibility index (Phi) is 11.2. The minimum atomic E-state index is -1.48. The average Bonchev–Trinajstić information content (AvgIpc) is 3.60. The molecule has 40 heavy (non-hydrogen) atoms. The molecule has 0 fully saturated rings. The summed E-state index contributed by atoms with van der Waals surface area (Å²) in [5.41, 5.74) is 13.5. The molecule has 14 nitrogen and oxygen atoms in total. The van der Waals surface area contributed by atoms with Gasteiger partial charge in [-0.05, 0) is 31.0 Å². The first kappa shape index (κ1) is 30.3. The summed E-state index contributed by atoms with van der Waals surface area (Å²) in [6, 6.07) is 2.49. The van der Waals surface area contributed by atoms with E-state index in [0.717, 1.165) is 10.9 Å². The van der Waals surface area contributed by atoms with Crippen LogP contribution in [0.1, 0.15) is 30.5 Å². The molecule has 1 aromatic carbocycles. The molecule has 0 saturated carbocycles. The standard InChI is InChI=1S/C26H36N8O6/c27-8-4-3-6-18(28)23(36)32-20(10-16-12-29-14-31-16)24(37)34-22(13-35)25(38)33-21(26(39)40)9-15-11-30-19-7-2-1-5-17(15)19/h1-2,5,7,11-12,14,18,20-22,30,35H,3-4,6,8-10,13,27-28H2,(H,29,31)(H,32,36)(H,33,38)(H,34,37)(H,39,40). The number of unbranched alkanes of at least 4 members (excludes halogenated alkanes) is 1. The van der Waals surface area contributed by atoms with E-state index in [1.165, 1.54) is 12.5 Å². The number of H-pyrrole nitrogens is 2. The molecule has 3 amide bonds. The number of carboxylic acid groups (broad SMARTS) is 1. The van der Waals surface area contributed by atoms with Crippen LogP contribution in [0.4, 0.5) is 0 Å². The second-order valence-corrected chi connectivity index (χ2v) is 9.44. The van der Waals surface area contributed by atoms with E-state index in [2.05, 4.69) is 30.9 Å². The predicted octanol–water partition coefficient (Wildman–Crippen LogP) is -1.34. The first-order chi connectivity index (χ1) is 19.2. The van der Waals surface area contributed by atoms with Crippen molar-refractivity contribution >= 4 is 34.6 Å². The monoisotopic (exact) mass is 556 g/mol. The second kappa shape index (κ2) is 14.8. The Morgan fingerprint density at radius 2 is 1.62 bits per heavy atom. The van der Waals surface area contributed by atoms with Gasteiger partial charge in [-0.2, -0.15) is 0 Å². The van der Waals surface area contributed by atoms with Gasteiger partial charge in [0, 0.05) is 41.8 Å². The van der Waals surface area contributed by atoms with E-state index in [9.17, 15) is 29.4 Å². The van der Waals surface area contributed by atoms with E-state index in [4.69, 9.17) is 11.5 Å². The maximum atomic E-state index is 13.2. The number of carbonyl (C=O) groups is 4. The number of hydrogen-bond donors (Lipinski definition) is 9. The number of carboxylic acids is 1. The number of aliphatic hydroxyl groups excluding tert-OH is 1. The average molecular weight is 557 g/mol. The first-order valence-corrected chi connectivity index (χ1v) is 13.0. The van der Waals surface area contributed by atoms with E-state index < -0.39 is 54.5 Å². The van der Waals surface area contributed by atoms with Gasteiger partial charge >= 0.3 is 5.97 Å². The first-order valence-electron chi connectivity index (χ1n) is 13.0. The Balaban J connectivity index is 1.67. The van der Waals surface area contributed by atoms with Crippen molar-refractivity contribution in [3.63, 3.8) is 0 Å². The fourth-order valence-corrected chi connectivity index (χ4v) is 4.20. The number of rotatable bonds is 16. The number of para-hydroxylation sites is 1. The lowest BCUT2D eigenvalue weighted by atomic mass is 10.0. The number of amides is 3. The van der Waals surface area contributed by atoms with Crippen LogP contribution in [-0.4, -0.2) is 86.2 Å². The number of nitrogens with two attached hydrogens (primary N) is 2. The number of benzene rings is 1. The summed E-state index contributed by atoms with van der Waals surface area (Å²) in [6.45, 7) is -0.339. The second-order valence-electron chi connectivity index (χ2n) is 9.44. The lowest BCUT2D eigenvalue weighted by Gasteiger charge is -2.24. The summed E-state index contributed by atoms with van der Waals surface area (Å²) in [5.74, 6) is -3.51. The number of nitrogens with one attached hydrogen (secondary N) is 5. The fraction of sp³-hybridized carbons (Fsp3) is 0.423. The number of hydrogen-bond acceptors (Lipinski definition) is 8. The number of aromatic nitrogens is 3. The molecule has 4 atom stereocenters. The third-order valence-corrected chi connectivity index (χ3v) is 6.45. The van der Waals surface area contributed by atoms with E-state index in [1.54, 1.807) is 6.20 Å². The van der Waals surface area contributed by atoms with Gasteiger partial charge in [0.05, 0.1) is 19.0 Å². The molecule has 216 valence electrons. The summed E-state index contributed by atoms with van der Waals surface area (Å²) in [5, 5.41) is 27.8. The summed E-state index contributed by atoms with van der Waals surface area (Å²) >= 11 is 0. The highest BCUT2D eigenvalue weighted by atomic mass is 16.4. The van der Waals surface area contributed by atoms with Crippen LogP contribution < -0.4 is 27.4 Å². The van der Waals surface area contributed by atoms with Gasteiger partial charge in [0.15, 0.2) is 0 Å². The molecule has 3 rings (SSSR count). The minimum Gasteiger partial charge on any atom is -0.480 e. The lowest BCUT2D eigenvalue weighted by molar-refractivity contribution is -0.142. The largest absolute Gasteiger partial charge is 0.480 e. The van der Waals surface area contributed by atoms with Gasteiger partial charge in [0.25, 0.3) is 0 Å². The smallest absolute Gasteiger partial charge is 0.326 e. The van der Waals surface area contributed by atoms with Crippen LogP contribution in [0, 0.1) is 0 Å². The van der Waals surface area contributed by atoms with Crippen molar-refractivity contribution in [3.8, 4) is 0 Å². The van der Waals surface area contributed by atoms with Crippen molar-refractivity contribution in [2.24, 2.45) is 11.5 Å². The molecule has 4 unspecified atom stereocenters. The van der Waals surface area contributed by atoms with Gasteiger partial charge in [-0.25, -0.2) is 9.78 Å². The Morgan fingerprint density at radius 1 is 0.925 bits per heavy atom. The highest BCUT2D eigenvalue weighted by molar-refractivity contribution is 5.94. The topological polar surface area (TPSA) is 241 Å². The number of carbonyl (C=O) groups excluding carboxylic acids is 3. The SMILES string of the molecule is NCCCCC(N)C(=O)NC(Cc1cnc[nH]1)C(=O)NC(CO)C(=O)NC(Cc1c[nH]c2ccccc12)C(=O)O. The van der Waals surface area contributed by atoms with Crippen molar-refractivity contribution < 1.29 is 29.4 Å². The van der Waals surface area contributed by atoms with Gasteiger partial charge in [-0.3, -0.25) is 14.4 Å². The number of imidazole rings is 1. The van der Waals surface area contributed by atoms with Crippen LogP contribution in [-0.2, 0) is 32.0 Å². The van der Waals surface area contributed by atoms with Crippen molar-refractivity contribution in [1.82, 2.24) is 30.9 Å². The van der Waals surface area contributed by atoms with Gasteiger partial charge in [-0.15, -0.1) is 0 Å². The van der Waals surface area contributed by atoms with E-state index in [1.807, 2.05) is 24.3 Å². The van der Waals surface area contributed by atoms with Gasteiger partial charge in [0.1, 0.15) is 18.1 Å².